The molecule has 1 rings (SSSR count). The minimum atomic E-state index is -0.775. The summed E-state index contributed by atoms with van der Waals surface area (Å²) in [5.41, 5.74) is 2.07. The molecule has 0 aromatic heterocycles. The first-order valence-electron chi connectivity index (χ1n) is 5.78. The highest BCUT2D eigenvalue weighted by atomic mass is 32.2. The summed E-state index contributed by atoms with van der Waals surface area (Å²) in [6.45, 7) is 7.03. The lowest BCUT2D eigenvalue weighted by Gasteiger charge is -2.24. The normalized spacial score (nSPS) is 10.1. The van der Waals surface area contributed by atoms with Gasteiger partial charge in [0.1, 0.15) is 0 Å². The molecule has 0 saturated carbocycles. The second-order valence-electron chi connectivity index (χ2n) is 4.22. The van der Waals surface area contributed by atoms with Crippen molar-refractivity contribution in [2.45, 2.75) is 18.2 Å². The smallest absolute Gasteiger partial charge is 0.305 e. The second kappa shape index (κ2) is 7.11. The quantitative estimate of drug-likeness (QED) is 0.607. The SMILES string of the molecule is C=C(C)CN(CCC(=O)O)c1cccc(SC)c1. The molecule has 0 aliphatic heterocycles. The standard InChI is InChI=1S/C14H19NO2S/c1-11(2)10-15(8-7-14(16)17)12-5-4-6-13(9-12)18-3/h4-6,9H,1,7-8,10H2,2-3H3,(H,16,17). The van der Waals surface area contributed by atoms with Crippen molar-refractivity contribution >= 4 is 23.4 Å². The zero-order valence-electron chi connectivity index (χ0n) is 10.8. The van der Waals surface area contributed by atoms with Gasteiger partial charge in [-0.05, 0) is 31.4 Å². The van der Waals surface area contributed by atoms with E-state index < -0.39 is 5.97 Å². The Balaban J connectivity index is 2.85. The highest BCUT2D eigenvalue weighted by Gasteiger charge is 2.09. The average molecular weight is 265 g/mol. The van der Waals surface area contributed by atoms with Crippen molar-refractivity contribution < 1.29 is 9.90 Å². The van der Waals surface area contributed by atoms with Gasteiger partial charge in [0.05, 0.1) is 6.42 Å². The van der Waals surface area contributed by atoms with Gasteiger partial charge in [-0.3, -0.25) is 4.79 Å². The van der Waals surface area contributed by atoms with E-state index in [1.807, 2.05) is 31.4 Å². The predicted molar refractivity (Wildman–Crippen MR) is 77.5 cm³/mol. The zero-order chi connectivity index (χ0) is 13.5. The lowest BCUT2D eigenvalue weighted by Crippen LogP contribution is -2.27. The molecule has 0 saturated heterocycles. The summed E-state index contributed by atoms with van der Waals surface area (Å²) in [7, 11) is 0. The van der Waals surface area contributed by atoms with Crippen LogP contribution in [0.15, 0.2) is 41.3 Å². The van der Waals surface area contributed by atoms with E-state index in [0.717, 1.165) is 11.3 Å². The van der Waals surface area contributed by atoms with Gasteiger partial charge in [-0.2, -0.15) is 0 Å². The summed E-state index contributed by atoms with van der Waals surface area (Å²) in [5, 5.41) is 8.79. The van der Waals surface area contributed by atoms with E-state index in [-0.39, 0.29) is 6.42 Å². The summed E-state index contributed by atoms with van der Waals surface area (Å²) in [4.78, 5) is 13.9. The number of hydrogen-bond donors (Lipinski definition) is 1. The summed E-state index contributed by atoms with van der Waals surface area (Å²) >= 11 is 1.68. The highest BCUT2D eigenvalue weighted by molar-refractivity contribution is 7.98. The van der Waals surface area contributed by atoms with Crippen molar-refractivity contribution in [1.29, 1.82) is 0 Å². The molecular weight excluding hydrogens is 246 g/mol. The Morgan fingerprint density at radius 2 is 2.22 bits per heavy atom. The van der Waals surface area contributed by atoms with E-state index in [2.05, 4.69) is 17.5 Å². The maximum atomic E-state index is 10.7. The van der Waals surface area contributed by atoms with Crippen LogP contribution in [0.2, 0.25) is 0 Å². The Morgan fingerprint density at radius 1 is 1.50 bits per heavy atom. The Kier molecular flexibility index (Phi) is 5.78. The Morgan fingerprint density at radius 3 is 2.78 bits per heavy atom. The molecule has 0 heterocycles. The molecule has 18 heavy (non-hydrogen) atoms. The number of benzene rings is 1. The lowest BCUT2D eigenvalue weighted by molar-refractivity contribution is -0.136. The molecule has 0 amide bonds. The van der Waals surface area contributed by atoms with Crippen LogP contribution in [0, 0.1) is 0 Å². The van der Waals surface area contributed by atoms with Crippen LogP contribution in [0.3, 0.4) is 0 Å². The maximum absolute atomic E-state index is 10.7. The number of carbonyl (C=O) groups is 1. The van der Waals surface area contributed by atoms with Crippen molar-refractivity contribution in [3.05, 3.63) is 36.4 Å². The fourth-order valence-corrected chi connectivity index (χ4v) is 2.12. The third-order valence-corrected chi connectivity index (χ3v) is 3.20. The highest BCUT2D eigenvalue weighted by Crippen LogP contribution is 2.22. The van der Waals surface area contributed by atoms with Gasteiger partial charge in [-0.25, -0.2) is 0 Å². The summed E-state index contributed by atoms with van der Waals surface area (Å²) < 4.78 is 0. The molecule has 98 valence electrons. The van der Waals surface area contributed by atoms with Gasteiger partial charge in [-0.1, -0.05) is 18.2 Å². The van der Waals surface area contributed by atoms with Crippen molar-refractivity contribution in [3.8, 4) is 0 Å². The molecule has 0 unspecified atom stereocenters. The number of thioether (sulfide) groups is 1. The summed E-state index contributed by atoms with van der Waals surface area (Å²) in [6.07, 6.45) is 2.16. The van der Waals surface area contributed by atoms with Crippen molar-refractivity contribution in [2.24, 2.45) is 0 Å². The largest absolute Gasteiger partial charge is 0.481 e. The van der Waals surface area contributed by atoms with Crippen LogP contribution in [0.5, 0.6) is 0 Å². The molecule has 4 heteroatoms. The van der Waals surface area contributed by atoms with Crippen LogP contribution >= 0.6 is 11.8 Å². The van der Waals surface area contributed by atoms with E-state index in [1.54, 1.807) is 11.8 Å². The van der Waals surface area contributed by atoms with Crippen LogP contribution in [-0.4, -0.2) is 30.4 Å². The van der Waals surface area contributed by atoms with Gasteiger partial charge < -0.3 is 10.0 Å². The fraction of sp³-hybridized carbons (Fsp3) is 0.357. The molecule has 3 nitrogen and oxygen atoms in total. The minimum absolute atomic E-state index is 0.136. The van der Waals surface area contributed by atoms with Gasteiger partial charge in [0, 0.05) is 23.7 Å². The number of anilines is 1. The lowest BCUT2D eigenvalue weighted by atomic mass is 10.2. The summed E-state index contributed by atoms with van der Waals surface area (Å²) in [6, 6.07) is 8.12. The van der Waals surface area contributed by atoms with Crippen LogP contribution in [0.25, 0.3) is 0 Å². The van der Waals surface area contributed by atoms with Gasteiger partial charge in [-0.15, -0.1) is 11.8 Å². The molecule has 0 fully saturated rings. The van der Waals surface area contributed by atoms with Crippen molar-refractivity contribution in [1.82, 2.24) is 0 Å². The molecule has 0 atom stereocenters. The number of carboxylic acids is 1. The third kappa shape index (κ3) is 4.84. The average Bonchev–Trinajstić information content (AvgIpc) is 2.34. The van der Waals surface area contributed by atoms with Crippen LogP contribution in [-0.2, 0) is 4.79 Å². The molecule has 1 N–H and O–H groups in total. The molecule has 0 aliphatic carbocycles. The molecule has 0 aliphatic rings. The van der Waals surface area contributed by atoms with Crippen LogP contribution in [0.4, 0.5) is 5.69 Å². The Hall–Kier alpha value is -1.42. The van der Waals surface area contributed by atoms with Crippen molar-refractivity contribution in [3.63, 3.8) is 0 Å². The predicted octanol–water partition coefficient (Wildman–Crippen LogP) is 3.27. The van der Waals surface area contributed by atoms with E-state index in [4.69, 9.17) is 5.11 Å². The first-order chi connectivity index (χ1) is 8.52. The molecular formula is C14H19NO2S. The monoisotopic (exact) mass is 265 g/mol. The van der Waals surface area contributed by atoms with E-state index in [1.165, 1.54) is 4.90 Å². The molecule has 1 aromatic carbocycles. The Bertz CT molecular complexity index is 432. The van der Waals surface area contributed by atoms with Gasteiger partial charge in [0.15, 0.2) is 0 Å². The van der Waals surface area contributed by atoms with E-state index in [9.17, 15) is 4.79 Å². The number of aliphatic carboxylic acids is 1. The molecule has 0 radical (unpaired) electrons. The third-order valence-electron chi connectivity index (χ3n) is 2.47. The molecule has 0 bridgehead atoms. The van der Waals surface area contributed by atoms with Gasteiger partial charge in [0.25, 0.3) is 0 Å². The first kappa shape index (κ1) is 14.6. The number of rotatable bonds is 7. The van der Waals surface area contributed by atoms with Crippen LogP contribution < -0.4 is 4.90 Å². The Labute approximate surface area is 113 Å². The molecule has 1 aromatic rings. The number of carboxylic acid groups (broad SMARTS) is 1. The van der Waals surface area contributed by atoms with Gasteiger partial charge in [0.2, 0.25) is 0 Å². The van der Waals surface area contributed by atoms with E-state index >= 15 is 0 Å². The first-order valence-corrected chi connectivity index (χ1v) is 7.00. The van der Waals surface area contributed by atoms with Gasteiger partial charge >= 0.3 is 5.97 Å². The maximum Gasteiger partial charge on any atom is 0.305 e. The van der Waals surface area contributed by atoms with E-state index in [0.29, 0.717) is 13.1 Å². The number of nitrogens with zero attached hydrogens (tertiary/aromatic N) is 1. The summed E-state index contributed by atoms with van der Waals surface area (Å²) in [5.74, 6) is -0.775. The topological polar surface area (TPSA) is 40.5 Å². The minimum Gasteiger partial charge on any atom is -0.481 e. The number of hydrogen-bond acceptors (Lipinski definition) is 3. The zero-order valence-corrected chi connectivity index (χ0v) is 11.7. The van der Waals surface area contributed by atoms with Crippen LogP contribution in [0.1, 0.15) is 13.3 Å². The molecule has 0 spiro atoms. The fourth-order valence-electron chi connectivity index (χ4n) is 1.66. The van der Waals surface area contributed by atoms with Crippen molar-refractivity contribution in [2.75, 3.05) is 24.2 Å². The second-order valence-corrected chi connectivity index (χ2v) is 5.10.